The van der Waals surface area contributed by atoms with E-state index in [1.165, 1.54) is 10.9 Å². The SMILES string of the molecule is CN(CCn1cc(C(=O)N2CCSCC2)nn1)Cc1ccnc2ccccc12. The van der Waals surface area contributed by atoms with Crippen molar-refractivity contribution >= 4 is 28.6 Å². The van der Waals surface area contributed by atoms with Gasteiger partial charge in [0.25, 0.3) is 5.91 Å². The molecule has 1 aliphatic heterocycles. The lowest BCUT2D eigenvalue weighted by Crippen LogP contribution is -2.38. The summed E-state index contributed by atoms with van der Waals surface area (Å²) in [5, 5.41) is 9.41. The Morgan fingerprint density at radius 1 is 1.21 bits per heavy atom. The number of hydrogen-bond acceptors (Lipinski definition) is 6. The van der Waals surface area contributed by atoms with Gasteiger partial charge in [0.15, 0.2) is 5.69 Å². The van der Waals surface area contributed by atoms with E-state index in [9.17, 15) is 4.79 Å². The monoisotopic (exact) mass is 396 g/mol. The van der Waals surface area contributed by atoms with Gasteiger partial charge in [-0.05, 0) is 24.7 Å². The molecule has 4 rings (SSSR count). The highest BCUT2D eigenvalue weighted by atomic mass is 32.2. The van der Waals surface area contributed by atoms with Gasteiger partial charge in [-0.3, -0.25) is 14.5 Å². The molecule has 3 heterocycles. The molecule has 0 unspecified atom stereocenters. The quantitative estimate of drug-likeness (QED) is 0.636. The first-order valence-electron chi connectivity index (χ1n) is 9.49. The van der Waals surface area contributed by atoms with Crippen LogP contribution >= 0.6 is 11.8 Å². The Kier molecular flexibility index (Phi) is 5.87. The summed E-state index contributed by atoms with van der Waals surface area (Å²) < 4.78 is 1.76. The molecule has 0 aliphatic carbocycles. The van der Waals surface area contributed by atoms with Gasteiger partial charge in [0.05, 0.1) is 18.3 Å². The summed E-state index contributed by atoms with van der Waals surface area (Å²) in [7, 11) is 2.09. The Morgan fingerprint density at radius 3 is 2.89 bits per heavy atom. The number of para-hydroxylation sites is 1. The van der Waals surface area contributed by atoms with Crippen LogP contribution in [0.1, 0.15) is 16.1 Å². The number of thioether (sulfide) groups is 1. The average molecular weight is 397 g/mol. The maximum Gasteiger partial charge on any atom is 0.276 e. The molecule has 1 amide bonds. The number of pyridine rings is 1. The minimum atomic E-state index is -0.0110. The Balaban J connectivity index is 1.34. The van der Waals surface area contributed by atoms with Gasteiger partial charge >= 0.3 is 0 Å². The lowest BCUT2D eigenvalue weighted by molar-refractivity contribution is 0.0766. The molecular formula is C20H24N6OS. The number of likely N-dealkylation sites (N-methyl/N-ethyl adjacent to an activating group) is 1. The fraction of sp³-hybridized carbons (Fsp3) is 0.400. The highest BCUT2D eigenvalue weighted by Crippen LogP contribution is 2.17. The molecule has 1 saturated heterocycles. The summed E-state index contributed by atoms with van der Waals surface area (Å²) in [6, 6.07) is 10.3. The van der Waals surface area contributed by atoms with Crippen LogP contribution in [0.4, 0.5) is 0 Å². The van der Waals surface area contributed by atoms with Gasteiger partial charge in [-0.2, -0.15) is 11.8 Å². The minimum Gasteiger partial charge on any atom is -0.336 e. The first kappa shape index (κ1) is 18.9. The number of benzene rings is 1. The predicted molar refractivity (Wildman–Crippen MR) is 111 cm³/mol. The maximum absolute atomic E-state index is 12.5. The molecule has 146 valence electrons. The summed E-state index contributed by atoms with van der Waals surface area (Å²) in [5.74, 6) is 1.98. The molecular weight excluding hydrogens is 372 g/mol. The first-order valence-corrected chi connectivity index (χ1v) is 10.6. The van der Waals surface area contributed by atoms with Crippen molar-refractivity contribution < 1.29 is 4.79 Å². The smallest absolute Gasteiger partial charge is 0.276 e. The van der Waals surface area contributed by atoms with Gasteiger partial charge in [0.2, 0.25) is 0 Å². The van der Waals surface area contributed by atoms with Crippen molar-refractivity contribution in [2.45, 2.75) is 13.1 Å². The van der Waals surface area contributed by atoms with Crippen molar-refractivity contribution in [1.82, 2.24) is 29.8 Å². The van der Waals surface area contributed by atoms with Crippen LogP contribution in [-0.4, -0.2) is 73.9 Å². The Hall–Kier alpha value is -2.45. The highest BCUT2D eigenvalue weighted by Gasteiger charge is 2.21. The van der Waals surface area contributed by atoms with E-state index in [2.05, 4.69) is 39.4 Å². The summed E-state index contributed by atoms with van der Waals surface area (Å²) in [6.45, 7) is 3.91. The molecule has 28 heavy (non-hydrogen) atoms. The zero-order valence-corrected chi connectivity index (χ0v) is 16.8. The summed E-state index contributed by atoms with van der Waals surface area (Å²) in [4.78, 5) is 21.0. The molecule has 1 fully saturated rings. The standard InChI is InChI=1S/C20H24N6OS/c1-24(14-16-6-7-21-18-5-3-2-4-17(16)18)8-9-26-15-19(22-23-26)20(27)25-10-12-28-13-11-25/h2-7,15H,8-14H2,1H3. The van der Waals surface area contributed by atoms with Crippen LogP contribution in [0.3, 0.4) is 0 Å². The number of fused-ring (bicyclic) bond motifs is 1. The number of hydrogen-bond donors (Lipinski definition) is 0. The Morgan fingerprint density at radius 2 is 2.04 bits per heavy atom. The number of rotatable bonds is 6. The molecule has 0 radical (unpaired) electrons. The van der Waals surface area contributed by atoms with Crippen LogP contribution in [0.5, 0.6) is 0 Å². The van der Waals surface area contributed by atoms with E-state index in [0.717, 1.165) is 43.2 Å². The van der Waals surface area contributed by atoms with E-state index < -0.39 is 0 Å². The van der Waals surface area contributed by atoms with Gasteiger partial charge in [-0.25, -0.2) is 0 Å². The van der Waals surface area contributed by atoms with E-state index >= 15 is 0 Å². The van der Waals surface area contributed by atoms with E-state index in [1.54, 1.807) is 10.9 Å². The fourth-order valence-electron chi connectivity index (χ4n) is 3.37. The number of aromatic nitrogens is 4. The topological polar surface area (TPSA) is 67.2 Å². The molecule has 1 aromatic carbocycles. The van der Waals surface area contributed by atoms with E-state index in [4.69, 9.17) is 0 Å². The minimum absolute atomic E-state index is 0.0110. The van der Waals surface area contributed by atoms with Crippen LogP contribution in [-0.2, 0) is 13.1 Å². The molecule has 0 saturated carbocycles. The molecule has 0 N–H and O–H groups in total. The van der Waals surface area contributed by atoms with Gasteiger partial charge in [0, 0.05) is 49.3 Å². The predicted octanol–water partition coefficient (Wildman–Crippen LogP) is 2.15. The second-order valence-electron chi connectivity index (χ2n) is 7.00. The van der Waals surface area contributed by atoms with Crippen LogP contribution in [0.25, 0.3) is 10.9 Å². The van der Waals surface area contributed by atoms with Gasteiger partial charge in [0.1, 0.15) is 0 Å². The molecule has 8 heteroatoms. The Labute approximate surface area is 168 Å². The number of carbonyl (C=O) groups is 1. The average Bonchev–Trinajstić information content (AvgIpc) is 3.22. The van der Waals surface area contributed by atoms with E-state index in [0.29, 0.717) is 12.2 Å². The third-order valence-corrected chi connectivity index (χ3v) is 5.89. The van der Waals surface area contributed by atoms with E-state index in [1.807, 2.05) is 41.1 Å². The number of amides is 1. The lowest BCUT2D eigenvalue weighted by Gasteiger charge is -2.25. The summed E-state index contributed by atoms with van der Waals surface area (Å²) in [5.41, 5.74) is 2.71. The Bertz CT molecular complexity index is 947. The third-order valence-electron chi connectivity index (χ3n) is 4.95. The molecule has 0 atom stereocenters. The second kappa shape index (κ2) is 8.70. The molecule has 0 spiro atoms. The zero-order chi connectivity index (χ0) is 19.3. The molecule has 0 bridgehead atoms. The van der Waals surface area contributed by atoms with Crippen molar-refractivity contribution in [2.75, 3.05) is 38.2 Å². The first-order chi connectivity index (χ1) is 13.7. The summed E-state index contributed by atoms with van der Waals surface area (Å²) in [6.07, 6.45) is 3.62. The fourth-order valence-corrected chi connectivity index (χ4v) is 4.27. The van der Waals surface area contributed by atoms with Crippen LogP contribution < -0.4 is 0 Å². The van der Waals surface area contributed by atoms with Gasteiger partial charge in [-0.15, -0.1) is 5.10 Å². The van der Waals surface area contributed by atoms with Crippen molar-refractivity contribution in [2.24, 2.45) is 0 Å². The lowest BCUT2D eigenvalue weighted by atomic mass is 10.1. The van der Waals surface area contributed by atoms with Crippen molar-refractivity contribution in [3.05, 3.63) is 54.0 Å². The third kappa shape index (κ3) is 4.34. The molecule has 1 aliphatic rings. The number of nitrogens with zero attached hydrogens (tertiary/aromatic N) is 6. The van der Waals surface area contributed by atoms with Gasteiger partial charge < -0.3 is 9.80 Å². The van der Waals surface area contributed by atoms with Crippen LogP contribution in [0.2, 0.25) is 0 Å². The van der Waals surface area contributed by atoms with Crippen molar-refractivity contribution in [3.63, 3.8) is 0 Å². The van der Waals surface area contributed by atoms with Crippen LogP contribution in [0, 0.1) is 0 Å². The molecule has 7 nitrogen and oxygen atoms in total. The van der Waals surface area contributed by atoms with Crippen LogP contribution in [0.15, 0.2) is 42.7 Å². The largest absolute Gasteiger partial charge is 0.336 e. The summed E-state index contributed by atoms with van der Waals surface area (Å²) >= 11 is 1.88. The van der Waals surface area contributed by atoms with Gasteiger partial charge in [-0.1, -0.05) is 23.4 Å². The molecule has 3 aromatic rings. The van der Waals surface area contributed by atoms with Crippen molar-refractivity contribution in [3.8, 4) is 0 Å². The zero-order valence-electron chi connectivity index (χ0n) is 16.0. The molecule has 2 aromatic heterocycles. The maximum atomic E-state index is 12.5. The van der Waals surface area contributed by atoms with Crippen molar-refractivity contribution in [1.29, 1.82) is 0 Å². The highest BCUT2D eigenvalue weighted by molar-refractivity contribution is 7.99. The normalized spacial score (nSPS) is 14.7. The second-order valence-corrected chi connectivity index (χ2v) is 8.22. The number of carbonyl (C=O) groups excluding carboxylic acids is 1. The van der Waals surface area contributed by atoms with E-state index in [-0.39, 0.29) is 5.91 Å².